The van der Waals surface area contributed by atoms with Crippen molar-refractivity contribution >= 4 is 11.4 Å². The number of hydrogen-bond acceptors (Lipinski definition) is 0. The van der Waals surface area contributed by atoms with Crippen molar-refractivity contribution in [3.05, 3.63) is 86.5 Å². The van der Waals surface area contributed by atoms with Gasteiger partial charge in [0, 0.05) is 22.3 Å². The van der Waals surface area contributed by atoms with Crippen molar-refractivity contribution in [1.82, 2.24) is 0 Å². The maximum atomic E-state index is 13.0. The number of aryl methyl sites for hydroxylation is 4. The molecule has 0 N–H and O–H groups in total. The summed E-state index contributed by atoms with van der Waals surface area (Å²) < 4.78 is 1.73. The summed E-state index contributed by atoms with van der Waals surface area (Å²) in [6.07, 6.45) is 60.4. The van der Waals surface area contributed by atoms with Crippen molar-refractivity contribution in [3.8, 4) is 0 Å². The van der Waals surface area contributed by atoms with Crippen molar-refractivity contribution in [3.63, 3.8) is 0 Å². The topological polar surface area (TPSA) is 25.3 Å². The van der Waals surface area contributed by atoms with Crippen LogP contribution < -0.4 is 0 Å². The van der Waals surface area contributed by atoms with Gasteiger partial charge in [0.25, 0.3) is 0 Å². The Labute approximate surface area is 437 Å². The van der Waals surface area contributed by atoms with Crippen molar-refractivity contribution in [2.45, 2.75) is 337 Å². The van der Waals surface area contributed by atoms with Gasteiger partial charge in [-0.15, -0.1) is 0 Å². The highest BCUT2D eigenvalue weighted by Gasteiger charge is 2.35. The summed E-state index contributed by atoms with van der Waals surface area (Å²) in [4.78, 5) is 0. The van der Waals surface area contributed by atoms with Gasteiger partial charge in [-0.2, -0.15) is 0 Å². The summed E-state index contributed by atoms with van der Waals surface area (Å²) in [7, 11) is 0. The smallest absolute Gasteiger partial charge is 0.211 e. The zero-order chi connectivity index (χ0) is 50.1. The second kappa shape index (κ2) is 41.9. The summed E-state index contributed by atoms with van der Waals surface area (Å²) in [6.45, 7) is 13.9. The Morgan fingerprint density at radius 1 is 0.243 bits per heavy atom. The Balaban J connectivity index is 1.94. The quantitative estimate of drug-likeness (QED) is 0.0467. The summed E-state index contributed by atoms with van der Waals surface area (Å²) in [5.74, 6) is 0. The van der Waals surface area contributed by atoms with Crippen LogP contribution in [0.1, 0.15) is 345 Å². The summed E-state index contributed by atoms with van der Waals surface area (Å²) in [6, 6.07) is 15.1. The minimum absolute atomic E-state index is 1.03. The molecule has 0 fully saturated rings. The van der Waals surface area contributed by atoms with E-state index in [2.05, 4.69) is 77.9 Å². The zero-order valence-corrected chi connectivity index (χ0v) is 47.9. The Bertz CT molecular complexity index is 1470. The van der Waals surface area contributed by atoms with E-state index in [0.29, 0.717) is 0 Å². The van der Waals surface area contributed by atoms with Crippen LogP contribution in [0.15, 0.2) is 47.5 Å². The maximum absolute atomic E-state index is 13.0. The van der Waals surface area contributed by atoms with Crippen LogP contribution in [0.3, 0.4) is 0 Å². The van der Waals surface area contributed by atoms with Gasteiger partial charge >= 0.3 is 0 Å². The second-order valence-electron chi connectivity index (χ2n) is 22.6. The highest BCUT2D eigenvalue weighted by Crippen LogP contribution is 2.45. The van der Waals surface area contributed by atoms with Crippen LogP contribution in [-0.2, 0) is 25.7 Å². The third-order valence-corrected chi connectivity index (χ3v) is 15.8. The lowest BCUT2D eigenvalue weighted by Gasteiger charge is -2.15. The Hall–Kier alpha value is -2.48. The first-order valence-corrected chi connectivity index (χ1v) is 31.7. The van der Waals surface area contributed by atoms with E-state index in [1.807, 2.05) is 0 Å². The van der Waals surface area contributed by atoms with Crippen molar-refractivity contribution < 1.29 is 4.70 Å². The Kier molecular flexibility index (Phi) is 37.0. The van der Waals surface area contributed by atoms with Gasteiger partial charge in [-0.1, -0.05) is 272 Å². The first-order chi connectivity index (χ1) is 34.5. The molecule has 2 heteroatoms. The third-order valence-electron chi connectivity index (χ3n) is 15.8. The van der Waals surface area contributed by atoms with E-state index in [9.17, 15) is 5.53 Å². The number of hydrogen-bond donors (Lipinski definition) is 0. The van der Waals surface area contributed by atoms with Crippen LogP contribution in [0.2, 0.25) is 0 Å². The van der Waals surface area contributed by atoms with Gasteiger partial charge in [0.2, 0.25) is 11.4 Å². The van der Waals surface area contributed by atoms with Crippen LogP contribution in [0.4, 0.5) is 0 Å². The van der Waals surface area contributed by atoms with Gasteiger partial charge in [0.1, 0.15) is 0 Å². The van der Waals surface area contributed by atoms with Crippen LogP contribution in [0, 0.1) is 0 Å². The highest BCUT2D eigenvalue weighted by molar-refractivity contribution is 5.82. The number of benzene rings is 2. The van der Waals surface area contributed by atoms with Crippen molar-refractivity contribution in [1.29, 1.82) is 0 Å². The normalized spacial score (nSPS) is 13.0. The molecule has 0 aliphatic carbocycles. The molecule has 3 rings (SSSR count). The van der Waals surface area contributed by atoms with Gasteiger partial charge in [0.05, 0.1) is 0 Å². The fraction of sp³-hybridized carbons (Fsp3) is 0.765. The van der Waals surface area contributed by atoms with Gasteiger partial charge in [-0.25, -0.2) is 4.70 Å². The number of rotatable bonds is 48. The molecule has 2 aromatic rings. The van der Waals surface area contributed by atoms with E-state index in [0.717, 1.165) is 75.6 Å². The second-order valence-corrected chi connectivity index (χ2v) is 22.6. The summed E-state index contributed by atoms with van der Waals surface area (Å²) >= 11 is 0. The molecule has 0 saturated heterocycles. The molecule has 70 heavy (non-hydrogen) atoms. The monoisotopic (exact) mass is 961 g/mol. The Morgan fingerprint density at radius 2 is 0.443 bits per heavy atom. The molecule has 0 bridgehead atoms. The molecular weight excluding hydrogens is 845 g/mol. The molecule has 1 aliphatic rings. The molecule has 0 aromatic heterocycles. The average molecular weight is 962 g/mol. The molecule has 1 aliphatic heterocycles. The first-order valence-electron chi connectivity index (χ1n) is 31.7. The molecule has 0 spiro atoms. The van der Waals surface area contributed by atoms with E-state index in [1.165, 1.54) is 276 Å². The molecular formula is C68H116N2. The third kappa shape index (κ3) is 26.5. The summed E-state index contributed by atoms with van der Waals surface area (Å²) in [5, 5.41) is 0. The number of nitrogens with zero attached hydrogens (tertiary/aromatic N) is 2. The van der Waals surface area contributed by atoms with Gasteiger partial charge < -0.3 is 5.53 Å². The number of allylic oxidation sites excluding steroid dienone is 2. The fourth-order valence-corrected chi connectivity index (χ4v) is 11.4. The SMILES string of the molecule is CCCCCCCCCCCc1cc(CCCCCCCCCCC)cc(C2=C(CCCC)C(CCCC)=C(c3cc(CCCCCCCCCCC)cc(CCCCCCCCCCC)c3)[N+]2=[N-])c1. The van der Waals surface area contributed by atoms with Crippen molar-refractivity contribution in [2.75, 3.05) is 0 Å². The van der Waals surface area contributed by atoms with Crippen LogP contribution in [0.25, 0.3) is 16.9 Å². The largest absolute Gasteiger partial charge is 0.493 e. The molecule has 0 radical (unpaired) electrons. The molecule has 0 atom stereocenters. The van der Waals surface area contributed by atoms with E-state index in [1.54, 1.807) is 4.70 Å². The highest BCUT2D eigenvalue weighted by atomic mass is 15.2. The van der Waals surface area contributed by atoms with E-state index < -0.39 is 0 Å². The number of unbranched alkanes of at least 4 members (excludes halogenated alkanes) is 34. The molecule has 398 valence electrons. The predicted molar refractivity (Wildman–Crippen MR) is 313 cm³/mol. The lowest BCUT2D eigenvalue weighted by molar-refractivity contribution is -0.345. The minimum atomic E-state index is 1.03. The molecule has 1 heterocycles. The zero-order valence-electron chi connectivity index (χ0n) is 47.9. The maximum Gasteiger partial charge on any atom is 0.211 e. The first kappa shape index (κ1) is 61.8. The summed E-state index contributed by atoms with van der Waals surface area (Å²) in [5.41, 5.74) is 26.5. The lowest BCUT2D eigenvalue weighted by Crippen LogP contribution is -2.05. The molecule has 2 aromatic carbocycles. The standard InChI is InChI=1S/C68H116N2/c1-7-13-19-23-27-31-35-39-43-47-59-53-60(48-44-40-36-32-28-24-20-14-8-2)56-63(55-59)67-65(51-17-11-5)66(52-18-12-6)68(70(67)69)64-57-61(49-45-41-37-33-29-25-21-15-9-3)54-62(58-64)50-46-42-38-34-30-26-22-16-10-4/h53-58H,7-52H2,1-6H3. The van der Waals surface area contributed by atoms with E-state index >= 15 is 0 Å². The van der Waals surface area contributed by atoms with Crippen LogP contribution >= 0.6 is 0 Å². The van der Waals surface area contributed by atoms with E-state index in [-0.39, 0.29) is 0 Å². The van der Waals surface area contributed by atoms with Gasteiger partial charge in [-0.3, -0.25) is 0 Å². The van der Waals surface area contributed by atoms with Gasteiger partial charge in [0.15, 0.2) is 0 Å². The minimum Gasteiger partial charge on any atom is -0.493 e. The molecule has 0 saturated carbocycles. The average Bonchev–Trinajstić information content (AvgIpc) is 3.65. The predicted octanol–water partition coefficient (Wildman–Crippen LogP) is 23.5. The fourth-order valence-electron chi connectivity index (χ4n) is 11.4. The van der Waals surface area contributed by atoms with Crippen LogP contribution in [-0.4, -0.2) is 4.70 Å². The molecule has 0 amide bonds. The Morgan fingerprint density at radius 3 is 0.657 bits per heavy atom. The van der Waals surface area contributed by atoms with Crippen molar-refractivity contribution in [2.24, 2.45) is 0 Å². The van der Waals surface area contributed by atoms with Gasteiger partial charge in [-0.05, 0) is 124 Å². The van der Waals surface area contributed by atoms with E-state index in [4.69, 9.17) is 0 Å². The lowest BCUT2D eigenvalue weighted by atomic mass is 9.90. The molecule has 2 nitrogen and oxygen atoms in total. The molecule has 0 unspecified atom stereocenters. The van der Waals surface area contributed by atoms with Crippen LogP contribution in [0.5, 0.6) is 0 Å².